The largest absolute Gasteiger partial charge is 0.379 e. The van der Waals surface area contributed by atoms with Gasteiger partial charge in [-0.3, -0.25) is 0 Å². The molecule has 0 N–H and O–H groups in total. The third-order valence-corrected chi connectivity index (χ3v) is 12.0. The lowest BCUT2D eigenvalue weighted by molar-refractivity contribution is 0.612. The summed E-state index contributed by atoms with van der Waals surface area (Å²) in [7, 11) is 1.79. The molecule has 0 aromatic carbocycles. The first kappa shape index (κ1) is 19.6. The standard InChI is InChI=1S/C19H31FN4Si/c1-13(2)25(14(3)4,15(5)6)24-10-9-16(12-24)18-21-11-17(20)19(22-18)23(7)8/h9-15H,1-8H3. The molecule has 0 aliphatic rings. The summed E-state index contributed by atoms with van der Waals surface area (Å²) in [5.74, 6) is 0.490. The maximum Gasteiger partial charge on any atom is 0.183 e. The summed E-state index contributed by atoms with van der Waals surface area (Å²) in [6.07, 6.45) is 5.59. The van der Waals surface area contributed by atoms with Gasteiger partial charge in [0.1, 0.15) is 0 Å². The second-order valence-electron chi connectivity index (χ2n) is 7.92. The molecule has 138 valence electrons. The highest BCUT2D eigenvalue weighted by Gasteiger charge is 2.45. The molecule has 2 aromatic rings. The fourth-order valence-corrected chi connectivity index (χ4v) is 11.0. The Balaban J connectivity index is 2.54. The van der Waals surface area contributed by atoms with Crippen molar-refractivity contribution in [1.29, 1.82) is 0 Å². The molecule has 0 saturated heterocycles. The summed E-state index contributed by atoms with van der Waals surface area (Å²) in [6.45, 7) is 14.0. The van der Waals surface area contributed by atoms with Gasteiger partial charge in [-0.15, -0.1) is 0 Å². The van der Waals surface area contributed by atoms with Crippen molar-refractivity contribution < 1.29 is 4.39 Å². The minimum Gasteiger partial charge on any atom is -0.379 e. The van der Waals surface area contributed by atoms with E-state index in [9.17, 15) is 4.39 Å². The van der Waals surface area contributed by atoms with Crippen LogP contribution in [0.4, 0.5) is 10.2 Å². The van der Waals surface area contributed by atoms with E-state index >= 15 is 0 Å². The topological polar surface area (TPSA) is 34.0 Å². The quantitative estimate of drug-likeness (QED) is 0.665. The number of halogens is 1. The van der Waals surface area contributed by atoms with Crippen LogP contribution >= 0.6 is 0 Å². The molecule has 2 rings (SSSR count). The van der Waals surface area contributed by atoms with Gasteiger partial charge in [-0.25, -0.2) is 14.4 Å². The van der Waals surface area contributed by atoms with E-state index in [-0.39, 0.29) is 0 Å². The molecule has 0 unspecified atom stereocenters. The zero-order valence-corrected chi connectivity index (χ0v) is 17.7. The molecule has 0 saturated carbocycles. The van der Waals surface area contributed by atoms with Gasteiger partial charge in [-0.05, 0) is 28.9 Å². The highest BCUT2D eigenvalue weighted by atomic mass is 28.3. The summed E-state index contributed by atoms with van der Waals surface area (Å²) in [4.78, 5) is 10.3. The molecule has 0 amide bonds. The summed E-state index contributed by atoms with van der Waals surface area (Å²) < 4.78 is 16.3. The number of rotatable bonds is 6. The molecule has 6 heteroatoms. The van der Waals surface area contributed by atoms with E-state index in [2.05, 4.69) is 74.2 Å². The van der Waals surface area contributed by atoms with Crippen LogP contribution in [-0.2, 0) is 0 Å². The summed E-state index contributed by atoms with van der Waals surface area (Å²) >= 11 is 0. The molecule has 0 bridgehead atoms. The van der Waals surface area contributed by atoms with Crippen LogP contribution in [-0.4, -0.2) is 36.5 Å². The smallest absolute Gasteiger partial charge is 0.183 e. The fourth-order valence-electron chi connectivity index (χ4n) is 4.47. The normalized spacial score (nSPS) is 12.5. The van der Waals surface area contributed by atoms with E-state index in [0.29, 0.717) is 28.3 Å². The van der Waals surface area contributed by atoms with Crippen molar-refractivity contribution in [2.75, 3.05) is 19.0 Å². The molecule has 2 heterocycles. The van der Waals surface area contributed by atoms with Gasteiger partial charge in [0.25, 0.3) is 0 Å². The van der Waals surface area contributed by atoms with Crippen LogP contribution in [0.5, 0.6) is 0 Å². The third-order valence-electron chi connectivity index (χ3n) is 5.32. The van der Waals surface area contributed by atoms with Gasteiger partial charge in [0.2, 0.25) is 0 Å². The van der Waals surface area contributed by atoms with Gasteiger partial charge in [0.05, 0.1) is 6.20 Å². The van der Waals surface area contributed by atoms with Gasteiger partial charge in [0.15, 0.2) is 25.7 Å². The maximum absolute atomic E-state index is 13.9. The Kier molecular flexibility index (Phi) is 5.71. The van der Waals surface area contributed by atoms with E-state index in [1.54, 1.807) is 19.0 Å². The minimum absolute atomic E-state index is 0.317. The molecule has 0 aliphatic heterocycles. The van der Waals surface area contributed by atoms with Crippen LogP contribution in [0, 0.1) is 5.82 Å². The number of hydrogen-bond donors (Lipinski definition) is 0. The first-order valence-electron chi connectivity index (χ1n) is 9.01. The summed E-state index contributed by atoms with van der Waals surface area (Å²) in [6, 6.07) is 2.06. The van der Waals surface area contributed by atoms with Crippen LogP contribution in [0.15, 0.2) is 24.7 Å². The minimum atomic E-state index is -1.79. The molecule has 0 fully saturated rings. The van der Waals surface area contributed by atoms with Crippen LogP contribution in [0.25, 0.3) is 11.4 Å². The predicted octanol–water partition coefficient (Wildman–Crippen LogP) is 5.17. The Labute approximate surface area is 152 Å². The van der Waals surface area contributed by atoms with E-state index in [1.807, 2.05) is 0 Å². The average Bonchev–Trinajstić information content (AvgIpc) is 2.96. The number of anilines is 1. The molecular formula is C19H31FN4Si. The summed E-state index contributed by atoms with van der Waals surface area (Å²) in [5, 5.41) is 0. The van der Waals surface area contributed by atoms with Crippen molar-refractivity contribution in [3.05, 3.63) is 30.5 Å². The summed E-state index contributed by atoms with van der Waals surface area (Å²) in [5.41, 5.74) is 2.78. The zero-order chi connectivity index (χ0) is 18.9. The fraction of sp³-hybridized carbons (Fsp3) is 0.579. The van der Waals surface area contributed by atoms with Crippen molar-refractivity contribution in [2.24, 2.45) is 0 Å². The second kappa shape index (κ2) is 7.28. The Morgan fingerprint density at radius 3 is 2.08 bits per heavy atom. The predicted molar refractivity (Wildman–Crippen MR) is 106 cm³/mol. The molecule has 2 aromatic heterocycles. The van der Waals surface area contributed by atoms with Gasteiger partial charge < -0.3 is 9.13 Å². The lowest BCUT2D eigenvalue weighted by atomic mass is 10.3. The van der Waals surface area contributed by atoms with Crippen LogP contribution in [0.1, 0.15) is 41.5 Å². The Bertz CT molecular complexity index is 700. The van der Waals surface area contributed by atoms with Crippen LogP contribution in [0.3, 0.4) is 0 Å². The van der Waals surface area contributed by atoms with E-state index < -0.39 is 14.1 Å². The number of nitrogens with zero attached hydrogens (tertiary/aromatic N) is 4. The second-order valence-corrected chi connectivity index (χ2v) is 13.7. The van der Waals surface area contributed by atoms with Gasteiger partial charge in [-0.1, -0.05) is 41.5 Å². The highest BCUT2D eigenvalue weighted by molar-refractivity contribution is 6.82. The van der Waals surface area contributed by atoms with Crippen molar-refractivity contribution in [3.63, 3.8) is 0 Å². The van der Waals surface area contributed by atoms with Crippen molar-refractivity contribution >= 4 is 14.1 Å². The molecule has 0 radical (unpaired) electrons. The molecule has 0 aliphatic carbocycles. The molecule has 4 nitrogen and oxygen atoms in total. The van der Waals surface area contributed by atoms with Crippen molar-refractivity contribution in [3.8, 4) is 11.4 Å². The van der Waals surface area contributed by atoms with Crippen LogP contribution in [0.2, 0.25) is 16.6 Å². The number of hydrogen-bond acceptors (Lipinski definition) is 3. The molecule has 25 heavy (non-hydrogen) atoms. The Morgan fingerprint density at radius 2 is 1.60 bits per heavy atom. The molecular weight excluding hydrogens is 331 g/mol. The highest BCUT2D eigenvalue weighted by Crippen LogP contribution is 2.43. The van der Waals surface area contributed by atoms with E-state index in [4.69, 9.17) is 0 Å². The maximum atomic E-state index is 13.9. The van der Waals surface area contributed by atoms with Crippen LogP contribution < -0.4 is 4.90 Å². The lowest BCUT2D eigenvalue weighted by Crippen LogP contribution is -2.51. The van der Waals surface area contributed by atoms with Crippen molar-refractivity contribution in [1.82, 2.24) is 14.2 Å². The van der Waals surface area contributed by atoms with E-state index in [1.165, 1.54) is 6.20 Å². The number of aromatic nitrogens is 3. The Hall–Kier alpha value is -1.69. The first-order chi connectivity index (χ1) is 11.6. The average molecular weight is 363 g/mol. The van der Waals surface area contributed by atoms with Crippen molar-refractivity contribution in [2.45, 2.75) is 58.2 Å². The van der Waals surface area contributed by atoms with Gasteiger partial charge in [0, 0.05) is 25.9 Å². The van der Waals surface area contributed by atoms with Gasteiger partial charge >= 0.3 is 0 Å². The monoisotopic (exact) mass is 362 g/mol. The van der Waals surface area contributed by atoms with Gasteiger partial charge in [-0.2, -0.15) is 0 Å². The molecule has 0 spiro atoms. The Morgan fingerprint density at radius 1 is 1.04 bits per heavy atom. The SMILES string of the molecule is CC(C)[Si](C(C)C)(C(C)C)n1ccc(-c2ncc(F)c(N(C)C)n2)c1. The zero-order valence-electron chi connectivity index (χ0n) is 16.7. The first-order valence-corrected chi connectivity index (χ1v) is 11.2. The third kappa shape index (κ3) is 3.36. The molecule has 0 atom stereocenters. The van der Waals surface area contributed by atoms with E-state index in [0.717, 1.165) is 5.56 Å². The lowest BCUT2D eigenvalue weighted by Gasteiger charge is -2.44.